The number of ether oxygens (including phenoxy) is 1. The Hall–Kier alpha value is -2.31. The van der Waals surface area contributed by atoms with Crippen molar-refractivity contribution in [3.05, 3.63) is 54.5 Å². The van der Waals surface area contributed by atoms with E-state index in [1.165, 1.54) is 10.9 Å². The van der Waals surface area contributed by atoms with Gasteiger partial charge in [-0.15, -0.1) is 5.10 Å². The lowest BCUT2D eigenvalue weighted by atomic mass is 10.1. The number of morpholine rings is 1. The first-order chi connectivity index (χ1) is 11.4. The summed E-state index contributed by atoms with van der Waals surface area (Å²) in [7, 11) is 0. The van der Waals surface area contributed by atoms with Crippen LogP contribution in [0.25, 0.3) is 10.9 Å². The molecule has 118 valence electrons. The fourth-order valence-corrected chi connectivity index (χ4v) is 3.11. The van der Waals surface area contributed by atoms with Crippen molar-refractivity contribution in [3.63, 3.8) is 0 Å². The second-order valence-electron chi connectivity index (χ2n) is 5.85. The van der Waals surface area contributed by atoms with Gasteiger partial charge in [-0.25, -0.2) is 4.68 Å². The lowest BCUT2D eigenvalue weighted by molar-refractivity contribution is -0.0403. The van der Waals surface area contributed by atoms with Gasteiger partial charge in [-0.3, -0.25) is 9.88 Å². The Balaban J connectivity index is 1.47. The van der Waals surface area contributed by atoms with Gasteiger partial charge in [0.2, 0.25) is 0 Å². The van der Waals surface area contributed by atoms with Crippen molar-refractivity contribution in [3.8, 4) is 0 Å². The molecule has 0 N–H and O–H groups in total. The molecule has 2 aromatic heterocycles. The minimum absolute atomic E-state index is 0.147. The normalized spacial score (nSPS) is 19.2. The Labute approximate surface area is 134 Å². The molecule has 6 nitrogen and oxygen atoms in total. The summed E-state index contributed by atoms with van der Waals surface area (Å²) in [5, 5.41) is 9.05. The third-order valence-corrected chi connectivity index (χ3v) is 4.20. The molecule has 1 atom stereocenters. The zero-order valence-corrected chi connectivity index (χ0v) is 12.9. The summed E-state index contributed by atoms with van der Waals surface area (Å²) < 4.78 is 7.69. The lowest BCUT2D eigenvalue weighted by Crippen LogP contribution is -2.43. The second-order valence-corrected chi connectivity index (χ2v) is 5.85. The molecule has 0 amide bonds. The van der Waals surface area contributed by atoms with Crippen LogP contribution in [0.5, 0.6) is 0 Å². The zero-order chi connectivity index (χ0) is 15.5. The van der Waals surface area contributed by atoms with Gasteiger partial charge in [0, 0.05) is 37.4 Å². The van der Waals surface area contributed by atoms with E-state index in [4.69, 9.17) is 4.74 Å². The molecule has 1 aliphatic rings. The van der Waals surface area contributed by atoms with Gasteiger partial charge in [-0.2, -0.15) is 0 Å². The molecule has 23 heavy (non-hydrogen) atoms. The van der Waals surface area contributed by atoms with Crippen LogP contribution in [0.15, 0.2) is 48.9 Å². The van der Waals surface area contributed by atoms with Crippen LogP contribution in [0, 0.1) is 0 Å². The number of para-hydroxylation sites is 1. The summed E-state index contributed by atoms with van der Waals surface area (Å²) in [5.41, 5.74) is 2.36. The molecule has 0 spiro atoms. The van der Waals surface area contributed by atoms with Crippen LogP contribution in [-0.4, -0.2) is 50.7 Å². The highest BCUT2D eigenvalue weighted by Gasteiger charge is 2.21. The van der Waals surface area contributed by atoms with Gasteiger partial charge < -0.3 is 4.74 Å². The number of hydrogen-bond donors (Lipinski definition) is 0. The van der Waals surface area contributed by atoms with Gasteiger partial charge >= 0.3 is 0 Å². The van der Waals surface area contributed by atoms with E-state index in [1.807, 2.05) is 23.1 Å². The van der Waals surface area contributed by atoms with E-state index in [2.05, 4.69) is 44.5 Å². The number of fused-ring (bicyclic) bond motifs is 1. The zero-order valence-electron chi connectivity index (χ0n) is 12.9. The Morgan fingerprint density at radius 2 is 2.13 bits per heavy atom. The first kappa shape index (κ1) is 14.3. The van der Waals surface area contributed by atoms with Crippen molar-refractivity contribution in [2.24, 2.45) is 0 Å². The number of rotatable bonds is 4. The minimum Gasteiger partial charge on any atom is -0.374 e. The van der Waals surface area contributed by atoms with E-state index in [1.54, 1.807) is 6.20 Å². The monoisotopic (exact) mass is 309 g/mol. The van der Waals surface area contributed by atoms with Gasteiger partial charge in [0.15, 0.2) is 0 Å². The molecule has 1 unspecified atom stereocenters. The van der Waals surface area contributed by atoms with Crippen LogP contribution in [0.4, 0.5) is 0 Å². The molecular weight excluding hydrogens is 290 g/mol. The van der Waals surface area contributed by atoms with Crippen LogP contribution in [0.2, 0.25) is 0 Å². The lowest BCUT2D eigenvalue weighted by Gasteiger charge is -2.32. The topological polar surface area (TPSA) is 56.1 Å². The molecule has 0 bridgehead atoms. The maximum absolute atomic E-state index is 5.86. The molecule has 1 saturated heterocycles. The summed E-state index contributed by atoms with van der Waals surface area (Å²) in [4.78, 5) is 6.97. The van der Waals surface area contributed by atoms with Gasteiger partial charge in [0.25, 0.3) is 0 Å². The minimum atomic E-state index is 0.147. The molecule has 0 radical (unpaired) electrons. The predicted molar refractivity (Wildman–Crippen MR) is 86.8 cm³/mol. The number of benzene rings is 1. The van der Waals surface area contributed by atoms with E-state index >= 15 is 0 Å². The molecule has 1 aliphatic heterocycles. The fraction of sp³-hybridized carbons (Fsp3) is 0.353. The number of nitrogens with zero attached hydrogens (tertiary/aromatic N) is 5. The molecule has 1 fully saturated rings. The van der Waals surface area contributed by atoms with Gasteiger partial charge in [-0.1, -0.05) is 29.5 Å². The van der Waals surface area contributed by atoms with Crippen molar-refractivity contribution >= 4 is 10.9 Å². The van der Waals surface area contributed by atoms with Crippen molar-refractivity contribution in [2.75, 3.05) is 19.7 Å². The maximum Gasteiger partial charge on any atom is 0.0898 e. The maximum atomic E-state index is 5.86. The van der Waals surface area contributed by atoms with Crippen molar-refractivity contribution in [2.45, 2.75) is 19.2 Å². The first-order valence-corrected chi connectivity index (χ1v) is 7.89. The van der Waals surface area contributed by atoms with E-state index in [0.717, 1.165) is 38.3 Å². The predicted octanol–water partition coefficient (Wildman–Crippen LogP) is 1.73. The molecule has 3 aromatic rings. The van der Waals surface area contributed by atoms with E-state index in [-0.39, 0.29) is 6.10 Å². The molecule has 3 heterocycles. The van der Waals surface area contributed by atoms with Crippen LogP contribution in [0.1, 0.15) is 5.56 Å². The molecule has 0 saturated carbocycles. The van der Waals surface area contributed by atoms with Crippen molar-refractivity contribution in [1.82, 2.24) is 24.9 Å². The second kappa shape index (κ2) is 6.44. The largest absolute Gasteiger partial charge is 0.374 e. The fourth-order valence-electron chi connectivity index (χ4n) is 3.11. The highest BCUT2D eigenvalue weighted by Crippen LogP contribution is 2.19. The number of aromatic nitrogens is 4. The highest BCUT2D eigenvalue weighted by atomic mass is 16.5. The van der Waals surface area contributed by atoms with Crippen molar-refractivity contribution in [1.29, 1.82) is 0 Å². The number of hydrogen-bond acceptors (Lipinski definition) is 5. The molecule has 1 aromatic carbocycles. The third-order valence-electron chi connectivity index (χ3n) is 4.20. The van der Waals surface area contributed by atoms with Gasteiger partial charge in [0.05, 0.1) is 31.0 Å². The Bertz CT molecular complexity index is 768. The molecule has 4 rings (SSSR count). The summed E-state index contributed by atoms with van der Waals surface area (Å²) in [5.74, 6) is 0. The van der Waals surface area contributed by atoms with E-state index in [9.17, 15) is 0 Å². The Morgan fingerprint density at radius 1 is 1.17 bits per heavy atom. The summed E-state index contributed by atoms with van der Waals surface area (Å²) in [6, 6.07) is 10.5. The van der Waals surface area contributed by atoms with Crippen LogP contribution in [-0.2, 0) is 17.8 Å². The van der Waals surface area contributed by atoms with E-state index < -0.39 is 0 Å². The van der Waals surface area contributed by atoms with Crippen molar-refractivity contribution < 1.29 is 4.74 Å². The van der Waals surface area contributed by atoms with E-state index in [0.29, 0.717) is 0 Å². The number of pyridine rings is 1. The summed E-state index contributed by atoms with van der Waals surface area (Å²) in [6.07, 6.45) is 5.58. The highest BCUT2D eigenvalue weighted by molar-refractivity contribution is 5.81. The van der Waals surface area contributed by atoms with Gasteiger partial charge in [0.1, 0.15) is 0 Å². The smallest absolute Gasteiger partial charge is 0.0898 e. The first-order valence-electron chi connectivity index (χ1n) is 7.89. The van der Waals surface area contributed by atoms with Gasteiger partial charge in [-0.05, 0) is 11.6 Å². The molecule has 6 heteroatoms. The standard InChI is InChI=1S/C17H19N5O/c1-3-14-5-2-6-18-17(14)15(4-1)11-21-9-10-23-16(12-21)13-22-8-7-19-20-22/h1-8,16H,9-13H2. The molecular formula is C17H19N5O. The SMILES string of the molecule is c1cnc2c(CN3CCOC(Cn4ccnn4)C3)cccc2c1. The van der Waals surface area contributed by atoms with Crippen LogP contribution < -0.4 is 0 Å². The molecule has 0 aliphatic carbocycles. The average Bonchev–Trinajstić information content (AvgIpc) is 3.09. The van der Waals surface area contributed by atoms with Crippen LogP contribution >= 0.6 is 0 Å². The van der Waals surface area contributed by atoms with Crippen LogP contribution in [0.3, 0.4) is 0 Å². The summed E-state index contributed by atoms with van der Waals surface area (Å²) in [6.45, 7) is 4.22. The Morgan fingerprint density at radius 3 is 3.04 bits per heavy atom. The Kier molecular flexibility index (Phi) is 4.00. The quantitative estimate of drug-likeness (QED) is 0.734. The average molecular weight is 309 g/mol. The third kappa shape index (κ3) is 3.23. The summed E-state index contributed by atoms with van der Waals surface area (Å²) >= 11 is 0.